The summed E-state index contributed by atoms with van der Waals surface area (Å²) in [5.41, 5.74) is 6.80. The second kappa shape index (κ2) is 10.4. The first-order valence-corrected chi connectivity index (χ1v) is 9.88. The van der Waals surface area contributed by atoms with Gasteiger partial charge in [0.2, 0.25) is 17.7 Å². The first-order chi connectivity index (χ1) is 13.7. The summed E-state index contributed by atoms with van der Waals surface area (Å²) in [4.78, 5) is 36.2. The van der Waals surface area contributed by atoms with Gasteiger partial charge in [-0.3, -0.25) is 14.4 Å². The highest BCUT2D eigenvalue weighted by molar-refractivity contribution is 9.10. The third-order valence-electron chi connectivity index (χ3n) is 4.14. The molecule has 0 aromatic heterocycles. The third-order valence-corrected chi connectivity index (χ3v) is 5.15. The molecule has 0 aliphatic rings. The van der Waals surface area contributed by atoms with Crippen molar-refractivity contribution in [3.8, 4) is 0 Å². The first-order valence-electron chi connectivity index (χ1n) is 8.71. The molecule has 2 aromatic carbocycles. The number of benzene rings is 2. The van der Waals surface area contributed by atoms with Crippen LogP contribution in [0.2, 0.25) is 5.02 Å². The van der Waals surface area contributed by atoms with E-state index in [4.69, 9.17) is 17.3 Å². The van der Waals surface area contributed by atoms with Crippen LogP contribution in [0.4, 0.5) is 4.39 Å². The van der Waals surface area contributed by atoms with Crippen LogP contribution in [0, 0.1) is 5.82 Å². The van der Waals surface area contributed by atoms with Crippen LogP contribution in [-0.4, -0.2) is 29.8 Å². The Morgan fingerprint density at radius 2 is 1.72 bits per heavy atom. The Morgan fingerprint density at radius 3 is 2.31 bits per heavy atom. The van der Waals surface area contributed by atoms with Crippen LogP contribution >= 0.6 is 27.5 Å². The minimum absolute atomic E-state index is 0.117. The summed E-state index contributed by atoms with van der Waals surface area (Å²) in [7, 11) is 0. The minimum Gasteiger partial charge on any atom is -0.368 e. The molecule has 0 fully saturated rings. The molecule has 0 heterocycles. The van der Waals surface area contributed by atoms with Crippen molar-refractivity contribution in [1.29, 1.82) is 0 Å². The summed E-state index contributed by atoms with van der Waals surface area (Å²) in [6.07, 6.45) is 0.240. The number of rotatable bonds is 8. The highest BCUT2D eigenvalue weighted by Gasteiger charge is 2.26. The van der Waals surface area contributed by atoms with E-state index in [0.717, 1.165) is 0 Å². The van der Waals surface area contributed by atoms with Crippen LogP contribution in [0.25, 0.3) is 0 Å². The van der Waals surface area contributed by atoms with Gasteiger partial charge >= 0.3 is 0 Å². The van der Waals surface area contributed by atoms with Crippen molar-refractivity contribution in [1.82, 2.24) is 10.6 Å². The van der Waals surface area contributed by atoms with Crippen LogP contribution in [0.5, 0.6) is 0 Å². The lowest BCUT2D eigenvalue weighted by molar-refractivity contribution is -0.130. The van der Waals surface area contributed by atoms with Gasteiger partial charge in [0.1, 0.15) is 17.9 Å². The lowest BCUT2D eigenvalue weighted by Crippen LogP contribution is -2.54. The van der Waals surface area contributed by atoms with Crippen molar-refractivity contribution in [2.45, 2.75) is 31.8 Å². The number of amides is 3. The third kappa shape index (κ3) is 7.14. The van der Waals surface area contributed by atoms with Gasteiger partial charge in [0.05, 0.1) is 0 Å². The van der Waals surface area contributed by atoms with Gasteiger partial charge in [0, 0.05) is 29.3 Å². The largest absolute Gasteiger partial charge is 0.368 e. The van der Waals surface area contributed by atoms with Crippen LogP contribution in [0.1, 0.15) is 18.1 Å². The lowest BCUT2D eigenvalue weighted by Gasteiger charge is -2.22. The summed E-state index contributed by atoms with van der Waals surface area (Å²) >= 11 is 9.37. The van der Waals surface area contributed by atoms with Gasteiger partial charge in [-0.15, -0.1) is 0 Å². The van der Waals surface area contributed by atoms with Crippen LogP contribution < -0.4 is 16.4 Å². The minimum atomic E-state index is -1.01. The van der Waals surface area contributed by atoms with E-state index in [0.29, 0.717) is 20.6 Å². The zero-order valence-corrected chi connectivity index (χ0v) is 17.9. The molecule has 0 aliphatic carbocycles. The van der Waals surface area contributed by atoms with Crippen molar-refractivity contribution in [2.24, 2.45) is 5.73 Å². The van der Waals surface area contributed by atoms with Gasteiger partial charge in [-0.05, 0) is 41.5 Å². The van der Waals surface area contributed by atoms with E-state index in [2.05, 4.69) is 26.6 Å². The lowest BCUT2D eigenvalue weighted by atomic mass is 10.0. The molecule has 9 heteroatoms. The van der Waals surface area contributed by atoms with E-state index in [1.807, 2.05) is 0 Å². The fraction of sp³-hybridized carbons (Fsp3) is 0.250. The molecule has 0 radical (unpaired) electrons. The molecule has 2 atom stereocenters. The van der Waals surface area contributed by atoms with E-state index in [9.17, 15) is 18.8 Å². The Labute approximate surface area is 181 Å². The summed E-state index contributed by atoms with van der Waals surface area (Å²) in [6, 6.07) is 8.68. The van der Waals surface area contributed by atoms with Crippen molar-refractivity contribution >= 4 is 45.3 Å². The quantitative estimate of drug-likeness (QED) is 0.536. The number of carbonyl (C=O) groups excluding carboxylic acids is 3. The van der Waals surface area contributed by atoms with Gasteiger partial charge in [-0.25, -0.2) is 4.39 Å². The molecule has 2 aromatic rings. The summed E-state index contributed by atoms with van der Waals surface area (Å²) in [5, 5.41) is 5.60. The highest BCUT2D eigenvalue weighted by atomic mass is 79.9. The van der Waals surface area contributed by atoms with Crippen molar-refractivity contribution in [3.63, 3.8) is 0 Å². The Balaban J connectivity index is 2.16. The van der Waals surface area contributed by atoms with Gasteiger partial charge in [-0.2, -0.15) is 0 Å². The Hall–Kier alpha value is -2.45. The normalized spacial score (nSPS) is 12.7. The standard InChI is InChI=1S/C20H20BrClFN3O3/c1-11(27)25-18(8-12-2-5-15(23)6-3-12)20(29)26-17(19(24)28)10-13-9-14(22)4-7-16(13)21/h2-7,9,17-18H,8,10H2,1H3,(H2,24,28)(H,25,27)(H,26,29)/t17-,18+/m0/s1. The zero-order valence-electron chi connectivity index (χ0n) is 15.5. The summed E-state index contributed by atoms with van der Waals surface area (Å²) in [5.74, 6) is -2.13. The Bertz CT molecular complexity index is 908. The predicted molar refractivity (Wildman–Crippen MR) is 112 cm³/mol. The average Bonchev–Trinajstić information content (AvgIpc) is 2.64. The molecule has 0 spiro atoms. The molecule has 154 valence electrons. The van der Waals surface area contributed by atoms with Crippen molar-refractivity contribution < 1.29 is 18.8 Å². The second-order valence-corrected chi connectivity index (χ2v) is 7.78. The summed E-state index contributed by atoms with van der Waals surface area (Å²) in [6.45, 7) is 1.28. The predicted octanol–water partition coefficient (Wildman–Crippen LogP) is 2.50. The molecule has 3 amide bonds. The van der Waals surface area contributed by atoms with E-state index < -0.39 is 35.6 Å². The SMILES string of the molecule is CC(=O)N[C@H](Cc1ccc(F)cc1)C(=O)N[C@@H](Cc1cc(Cl)ccc1Br)C(N)=O. The number of carbonyl (C=O) groups is 3. The van der Waals surface area contributed by atoms with Gasteiger partial charge in [0.15, 0.2) is 0 Å². The second-order valence-electron chi connectivity index (χ2n) is 6.49. The monoisotopic (exact) mass is 483 g/mol. The number of nitrogens with two attached hydrogens (primary N) is 1. The topological polar surface area (TPSA) is 101 Å². The number of hydrogen-bond donors (Lipinski definition) is 3. The maximum Gasteiger partial charge on any atom is 0.243 e. The number of nitrogens with one attached hydrogen (secondary N) is 2. The van der Waals surface area contributed by atoms with Crippen LogP contribution in [-0.2, 0) is 27.2 Å². The molecule has 29 heavy (non-hydrogen) atoms. The van der Waals surface area contributed by atoms with E-state index in [-0.39, 0.29) is 12.8 Å². The highest BCUT2D eigenvalue weighted by Crippen LogP contribution is 2.22. The molecule has 0 unspecified atom stereocenters. The molecular formula is C20H20BrClFN3O3. The van der Waals surface area contributed by atoms with Crippen LogP contribution in [0.15, 0.2) is 46.9 Å². The van der Waals surface area contributed by atoms with Gasteiger partial charge < -0.3 is 16.4 Å². The van der Waals surface area contributed by atoms with E-state index in [1.54, 1.807) is 18.2 Å². The number of halogens is 3. The molecule has 0 aliphatic heterocycles. The number of primary amides is 1. The molecular weight excluding hydrogens is 465 g/mol. The Kier molecular flexibility index (Phi) is 8.16. The molecule has 2 rings (SSSR count). The zero-order chi connectivity index (χ0) is 21.6. The molecule has 0 saturated heterocycles. The fourth-order valence-electron chi connectivity index (χ4n) is 2.73. The summed E-state index contributed by atoms with van der Waals surface area (Å²) < 4.78 is 13.8. The first kappa shape index (κ1) is 22.8. The maximum absolute atomic E-state index is 13.1. The molecule has 0 bridgehead atoms. The van der Waals surface area contributed by atoms with E-state index in [1.165, 1.54) is 31.2 Å². The number of hydrogen-bond acceptors (Lipinski definition) is 3. The van der Waals surface area contributed by atoms with Crippen LogP contribution in [0.3, 0.4) is 0 Å². The molecule has 4 N–H and O–H groups in total. The molecule has 6 nitrogen and oxygen atoms in total. The van der Waals surface area contributed by atoms with Crippen molar-refractivity contribution in [2.75, 3.05) is 0 Å². The van der Waals surface area contributed by atoms with Gasteiger partial charge in [0.25, 0.3) is 0 Å². The Morgan fingerprint density at radius 1 is 1.07 bits per heavy atom. The van der Waals surface area contributed by atoms with Crippen molar-refractivity contribution in [3.05, 3.63) is 68.9 Å². The average molecular weight is 485 g/mol. The smallest absolute Gasteiger partial charge is 0.243 e. The fourth-order valence-corrected chi connectivity index (χ4v) is 3.33. The van der Waals surface area contributed by atoms with Gasteiger partial charge in [-0.1, -0.05) is 39.7 Å². The maximum atomic E-state index is 13.1. The molecule has 0 saturated carbocycles. The van der Waals surface area contributed by atoms with E-state index >= 15 is 0 Å².